The first-order valence-corrected chi connectivity index (χ1v) is 3.87. The van der Waals surface area contributed by atoms with E-state index >= 15 is 0 Å². The lowest BCUT2D eigenvalue weighted by atomic mass is 9.99. The molecule has 0 amide bonds. The van der Waals surface area contributed by atoms with Crippen LogP contribution in [0, 0.1) is 0 Å². The lowest BCUT2D eigenvalue weighted by molar-refractivity contribution is 0.367. The van der Waals surface area contributed by atoms with E-state index in [-0.39, 0.29) is 5.54 Å². The lowest BCUT2D eigenvalue weighted by Gasteiger charge is -2.17. The van der Waals surface area contributed by atoms with Crippen molar-refractivity contribution in [1.29, 1.82) is 0 Å². The second kappa shape index (κ2) is 2.30. The van der Waals surface area contributed by atoms with Gasteiger partial charge in [-0.2, -0.15) is 4.98 Å². The fourth-order valence-electron chi connectivity index (χ4n) is 1.62. The molecule has 0 spiro atoms. The van der Waals surface area contributed by atoms with Crippen LogP contribution < -0.4 is 5.73 Å². The molecule has 60 valence electrons. The van der Waals surface area contributed by atoms with Crippen LogP contribution in [-0.4, -0.2) is 10.1 Å². The molecule has 0 unspecified atom stereocenters. The molecule has 4 nitrogen and oxygen atoms in total. The Morgan fingerprint density at radius 2 is 2.18 bits per heavy atom. The minimum Gasteiger partial charge on any atom is -0.343 e. The molecule has 0 aromatic carbocycles. The van der Waals surface area contributed by atoms with Crippen LogP contribution >= 0.6 is 0 Å². The van der Waals surface area contributed by atoms with E-state index in [4.69, 9.17) is 5.73 Å². The Kier molecular flexibility index (Phi) is 1.42. The molecular weight excluding hydrogens is 142 g/mol. The average Bonchev–Trinajstić information content (AvgIpc) is 2.55. The van der Waals surface area contributed by atoms with Crippen LogP contribution in [0.15, 0.2) is 10.9 Å². The first-order valence-electron chi connectivity index (χ1n) is 3.87. The maximum absolute atomic E-state index is 6.04. The molecule has 2 rings (SSSR count). The highest BCUT2D eigenvalue weighted by Crippen LogP contribution is 2.33. The zero-order valence-corrected chi connectivity index (χ0v) is 6.29. The van der Waals surface area contributed by atoms with Gasteiger partial charge in [0.1, 0.15) is 0 Å². The van der Waals surface area contributed by atoms with Gasteiger partial charge >= 0.3 is 0 Å². The molecule has 11 heavy (non-hydrogen) atoms. The van der Waals surface area contributed by atoms with Gasteiger partial charge < -0.3 is 10.3 Å². The summed E-state index contributed by atoms with van der Waals surface area (Å²) in [5.41, 5.74) is 5.74. The molecular formula is C7H11N3O. The van der Waals surface area contributed by atoms with Crippen LogP contribution in [0.3, 0.4) is 0 Å². The molecule has 1 fully saturated rings. The van der Waals surface area contributed by atoms with E-state index in [2.05, 4.69) is 14.7 Å². The largest absolute Gasteiger partial charge is 0.343 e. The second-order valence-electron chi connectivity index (χ2n) is 3.12. The van der Waals surface area contributed by atoms with Crippen molar-refractivity contribution in [2.75, 3.05) is 0 Å². The average molecular weight is 153 g/mol. The summed E-state index contributed by atoms with van der Waals surface area (Å²) in [5.74, 6) is 0.662. The summed E-state index contributed by atoms with van der Waals surface area (Å²) in [6.45, 7) is 0. The van der Waals surface area contributed by atoms with E-state index < -0.39 is 0 Å². The molecule has 1 aliphatic carbocycles. The molecule has 1 aliphatic rings. The fraction of sp³-hybridized carbons (Fsp3) is 0.714. The van der Waals surface area contributed by atoms with Crippen LogP contribution in [0.2, 0.25) is 0 Å². The lowest BCUT2D eigenvalue weighted by Crippen LogP contribution is -2.34. The molecule has 1 heterocycles. The maximum atomic E-state index is 6.04. The Labute approximate surface area is 64.8 Å². The molecule has 2 N–H and O–H groups in total. The SMILES string of the molecule is NC1(c2ncon2)CCCC1. The van der Waals surface area contributed by atoms with Gasteiger partial charge in [0.05, 0.1) is 5.54 Å². The third-order valence-electron chi connectivity index (χ3n) is 2.30. The monoisotopic (exact) mass is 153 g/mol. The van der Waals surface area contributed by atoms with Gasteiger partial charge in [0.2, 0.25) is 6.39 Å². The molecule has 0 bridgehead atoms. The molecule has 1 aromatic rings. The number of rotatable bonds is 1. The van der Waals surface area contributed by atoms with Crippen molar-refractivity contribution >= 4 is 0 Å². The molecule has 0 saturated heterocycles. The van der Waals surface area contributed by atoms with Crippen LogP contribution in [0.1, 0.15) is 31.5 Å². The van der Waals surface area contributed by atoms with Gasteiger partial charge in [-0.3, -0.25) is 0 Å². The summed E-state index contributed by atoms with van der Waals surface area (Å²) >= 11 is 0. The third-order valence-corrected chi connectivity index (χ3v) is 2.30. The van der Waals surface area contributed by atoms with Gasteiger partial charge in [-0.25, -0.2) is 0 Å². The summed E-state index contributed by atoms with van der Waals surface area (Å²) in [6.07, 6.45) is 5.64. The Morgan fingerprint density at radius 3 is 2.73 bits per heavy atom. The molecule has 1 saturated carbocycles. The van der Waals surface area contributed by atoms with Gasteiger partial charge in [-0.1, -0.05) is 18.0 Å². The number of hydrogen-bond donors (Lipinski definition) is 1. The fourth-order valence-corrected chi connectivity index (χ4v) is 1.62. The quantitative estimate of drug-likeness (QED) is 0.648. The summed E-state index contributed by atoms with van der Waals surface area (Å²) < 4.78 is 4.65. The van der Waals surface area contributed by atoms with Crippen molar-refractivity contribution in [3.8, 4) is 0 Å². The van der Waals surface area contributed by atoms with Gasteiger partial charge in [0.25, 0.3) is 0 Å². The first-order chi connectivity index (χ1) is 5.31. The standard InChI is InChI=1S/C7H11N3O/c8-7(3-1-2-4-7)6-9-5-11-10-6/h5H,1-4,8H2. The smallest absolute Gasteiger partial charge is 0.213 e. The van der Waals surface area contributed by atoms with Gasteiger partial charge in [-0.15, -0.1) is 0 Å². The highest BCUT2D eigenvalue weighted by molar-refractivity contribution is 5.04. The zero-order valence-electron chi connectivity index (χ0n) is 6.29. The molecule has 1 aromatic heterocycles. The minimum absolute atomic E-state index is 0.299. The topological polar surface area (TPSA) is 64.9 Å². The van der Waals surface area contributed by atoms with E-state index in [9.17, 15) is 0 Å². The van der Waals surface area contributed by atoms with Crippen LogP contribution in [0.25, 0.3) is 0 Å². The van der Waals surface area contributed by atoms with Gasteiger partial charge in [-0.05, 0) is 12.8 Å². The number of nitrogens with two attached hydrogens (primary N) is 1. The van der Waals surface area contributed by atoms with Crippen molar-refractivity contribution in [1.82, 2.24) is 10.1 Å². The maximum Gasteiger partial charge on any atom is 0.213 e. The molecule has 0 atom stereocenters. The van der Waals surface area contributed by atoms with Crippen LogP contribution in [-0.2, 0) is 5.54 Å². The second-order valence-corrected chi connectivity index (χ2v) is 3.12. The summed E-state index contributed by atoms with van der Waals surface area (Å²) in [7, 11) is 0. The predicted octanol–water partition coefficient (Wildman–Crippen LogP) is 0.798. The van der Waals surface area contributed by atoms with E-state index in [0.29, 0.717) is 5.82 Å². The molecule has 0 radical (unpaired) electrons. The van der Waals surface area contributed by atoms with E-state index in [0.717, 1.165) is 12.8 Å². The van der Waals surface area contributed by atoms with Crippen molar-refractivity contribution < 1.29 is 4.52 Å². The summed E-state index contributed by atoms with van der Waals surface area (Å²) in [6, 6.07) is 0. The Morgan fingerprint density at radius 1 is 1.45 bits per heavy atom. The highest BCUT2D eigenvalue weighted by atomic mass is 16.5. The first kappa shape index (κ1) is 6.79. The number of nitrogens with zero attached hydrogens (tertiary/aromatic N) is 2. The zero-order chi connectivity index (χ0) is 7.73. The Hall–Kier alpha value is -0.900. The minimum atomic E-state index is -0.299. The van der Waals surface area contributed by atoms with Crippen molar-refractivity contribution in [3.63, 3.8) is 0 Å². The molecule has 4 heteroatoms. The van der Waals surface area contributed by atoms with Gasteiger partial charge in [0.15, 0.2) is 5.82 Å². The van der Waals surface area contributed by atoms with Crippen molar-refractivity contribution in [2.24, 2.45) is 5.73 Å². The van der Waals surface area contributed by atoms with E-state index in [1.54, 1.807) is 0 Å². The molecule has 0 aliphatic heterocycles. The van der Waals surface area contributed by atoms with E-state index in [1.165, 1.54) is 19.2 Å². The Balaban J connectivity index is 2.27. The van der Waals surface area contributed by atoms with Crippen molar-refractivity contribution in [2.45, 2.75) is 31.2 Å². The Bertz CT molecular complexity index is 226. The normalized spacial score (nSPS) is 22.3. The predicted molar refractivity (Wildman–Crippen MR) is 38.6 cm³/mol. The van der Waals surface area contributed by atoms with Crippen molar-refractivity contribution in [3.05, 3.63) is 12.2 Å². The van der Waals surface area contributed by atoms with Crippen LogP contribution in [0.5, 0.6) is 0 Å². The van der Waals surface area contributed by atoms with E-state index in [1.807, 2.05) is 0 Å². The highest BCUT2D eigenvalue weighted by Gasteiger charge is 2.34. The number of aromatic nitrogens is 2. The van der Waals surface area contributed by atoms with Gasteiger partial charge in [0, 0.05) is 0 Å². The summed E-state index contributed by atoms with van der Waals surface area (Å²) in [4.78, 5) is 3.97. The summed E-state index contributed by atoms with van der Waals surface area (Å²) in [5, 5.41) is 3.76. The number of hydrogen-bond acceptors (Lipinski definition) is 4. The van der Waals surface area contributed by atoms with Crippen LogP contribution in [0.4, 0.5) is 0 Å². The third kappa shape index (κ3) is 1.03.